The van der Waals surface area contributed by atoms with Crippen molar-refractivity contribution >= 4 is 17.7 Å². The van der Waals surface area contributed by atoms with E-state index < -0.39 is 0 Å². The lowest BCUT2D eigenvalue weighted by Gasteiger charge is -2.19. The average molecular weight is 392 g/mol. The molecule has 29 heavy (non-hydrogen) atoms. The van der Waals surface area contributed by atoms with E-state index in [2.05, 4.69) is 5.32 Å². The molecule has 0 radical (unpaired) electrons. The van der Waals surface area contributed by atoms with Gasteiger partial charge in [-0.2, -0.15) is 0 Å². The van der Waals surface area contributed by atoms with Gasteiger partial charge in [0, 0.05) is 6.54 Å². The van der Waals surface area contributed by atoms with Crippen LogP contribution in [0.4, 0.5) is 0 Å². The van der Waals surface area contributed by atoms with E-state index in [4.69, 9.17) is 4.74 Å². The second kappa shape index (κ2) is 8.47. The topological polar surface area (TPSA) is 75.7 Å². The van der Waals surface area contributed by atoms with Gasteiger partial charge in [-0.1, -0.05) is 43.2 Å². The summed E-state index contributed by atoms with van der Waals surface area (Å²) in [6.07, 6.45) is 3.45. The average Bonchev–Trinajstić information content (AvgIpc) is 2.98. The molecule has 3 amide bonds. The molecule has 6 heteroatoms. The Bertz CT molecular complexity index is 888. The van der Waals surface area contributed by atoms with Crippen LogP contribution in [0.1, 0.15) is 31.2 Å². The number of nitrogens with one attached hydrogen (secondary N) is 1. The molecule has 150 valence electrons. The van der Waals surface area contributed by atoms with Gasteiger partial charge in [-0.05, 0) is 42.7 Å². The van der Waals surface area contributed by atoms with Gasteiger partial charge in [-0.25, -0.2) is 0 Å². The number of fused-ring (bicyclic) bond motifs is 1. The van der Waals surface area contributed by atoms with Crippen molar-refractivity contribution in [3.8, 4) is 11.5 Å². The summed E-state index contributed by atoms with van der Waals surface area (Å²) in [4.78, 5) is 38.5. The molecule has 4 rings (SSSR count). The lowest BCUT2D eigenvalue weighted by atomic mass is 9.81. The summed E-state index contributed by atoms with van der Waals surface area (Å²) in [5, 5.41) is 2.80. The van der Waals surface area contributed by atoms with Gasteiger partial charge in [-0.3, -0.25) is 19.3 Å². The normalized spacial score (nSPS) is 21.0. The maximum Gasteiger partial charge on any atom is 0.240 e. The van der Waals surface area contributed by atoms with Gasteiger partial charge >= 0.3 is 0 Å². The number of para-hydroxylation sites is 1. The first-order valence-corrected chi connectivity index (χ1v) is 10.1. The number of hydrogen-bond acceptors (Lipinski definition) is 4. The number of ether oxygens (including phenoxy) is 1. The van der Waals surface area contributed by atoms with Gasteiger partial charge in [0.1, 0.15) is 18.0 Å². The highest BCUT2D eigenvalue weighted by molar-refractivity contribution is 6.07. The quantitative estimate of drug-likeness (QED) is 0.766. The van der Waals surface area contributed by atoms with E-state index in [-0.39, 0.29) is 36.1 Å². The molecule has 2 aliphatic rings. The van der Waals surface area contributed by atoms with Crippen LogP contribution in [0.25, 0.3) is 0 Å². The molecule has 0 spiro atoms. The highest BCUT2D eigenvalue weighted by Gasteiger charge is 2.48. The van der Waals surface area contributed by atoms with Crippen LogP contribution in [-0.4, -0.2) is 29.2 Å². The molecule has 6 nitrogen and oxygen atoms in total. The lowest BCUT2D eigenvalue weighted by molar-refractivity contribution is -0.143. The van der Waals surface area contributed by atoms with Crippen molar-refractivity contribution in [2.24, 2.45) is 11.8 Å². The van der Waals surface area contributed by atoms with Crippen LogP contribution in [0, 0.1) is 11.8 Å². The molecular formula is C23H24N2O4. The molecule has 2 atom stereocenters. The lowest BCUT2D eigenvalue weighted by Crippen LogP contribution is -2.40. The fourth-order valence-corrected chi connectivity index (χ4v) is 4.13. The Labute approximate surface area is 169 Å². The van der Waals surface area contributed by atoms with E-state index in [9.17, 15) is 14.4 Å². The predicted octanol–water partition coefficient (Wildman–Crippen LogP) is 3.27. The number of carbonyl (C=O) groups is 3. The largest absolute Gasteiger partial charge is 0.457 e. The van der Waals surface area contributed by atoms with Gasteiger partial charge < -0.3 is 10.1 Å². The zero-order valence-corrected chi connectivity index (χ0v) is 16.2. The van der Waals surface area contributed by atoms with Gasteiger partial charge in [-0.15, -0.1) is 0 Å². The van der Waals surface area contributed by atoms with Crippen LogP contribution in [0.2, 0.25) is 0 Å². The first-order chi connectivity index (χ1) is 14.1. The first kappa shape index (κ1) is 19.2. The monoisotopic (exact) mass is 392 g/mol. The SMILES string of the molecule is O=C(CN1C(=O)[C@H]2CCCC[C@@H]2C1=O)NCc1cccc(Oc2ccccc2)c1. The number of nitrogens with zero attached hydrogens (tertiary/aromatic N) is 1. The smallest absolute Gasteiger partial charge is 0.240 e. The maximum atomic E-state index is 12.5. The van der Waals surface area contributed by atoms with E-state index in [1.165, 1.54) is 0 Å². The van der Waals surface area contributed by atoms with Crippen molar-refractivity contribution in [2.45, 2.75) is 32.2 Å². The number of hydrogen-bond donors (Lipinski definition) is 1. The molecule has 1 heterocycles. The van der Waals surface area contributed by atoms with Gasteiger partial charge in [0.05, 0.1) is 11.8 Å². The number of carbonyl (C=O) groups excluding carboxylic acids is 3. The minimum atomic E-state index is -0.334. The first-order valence-electron chi connectivity index (χ1n) is 10.1. The van der Waals surface area contributed by atoms with E-state index in [0.717, 1.165) is 41.9 Å². The number of benzene rings is 2. The van der Waals surface area contributed by atoms with Crippen molar-refractivity contribution in [2.75, 3.05) is 6.54 Å². The van der Waals surface area contributed by atoms with Crippen molar-refractivity contribution in [3.05, 3.63) is 60.2 Å². The van der Waals surface area contributed by atoms with E-state index >= 15 is 0 Å². The summed E-state index contributed by atoms with van der Waals surface area (Å²) in [6.45, 7) is 0.0960. The standard InChI is InChI=1S/C23H24N2O4/c26-21(15-25-22(27)19-11-4-5-12-20(19)23(25)28)24-14-16-7-6-10-18(13-16)29-17-8-2-1-3-9-17/h1-3,6-10,13,19-20H,4-5,11-12,14-15H2,(H,24,26)/t19-,20-/m0/s1. The number of amides is 3. The Morgan fingerprint density at radius 2 is 1.59 bits per heavy atom. The van der Waals surface area contributed by atoms with Crippen LogP contribution in [0.5, 0.6) is 11.5 Å². The summed E-state index contributed by atoms with van der Waals surface area (Å²) >= 11 is 0. The van der Waals surface area contributed by atoms with E-state index in [1.54, 1.807) is 0 Å². The highest BCUT2D eigenvalue weighted by Crippen LogP contribution is 2.37. The molecule has 1 saturated carbocycles. The third-order valence-electron chi connectivity index (χ3n) is 5.60. The van der Waals surface area contributed by atoms with Crippen molar-refractivity contribution in [1.29, 1.82) is 0 Å². The molecule has 2 aromatic carbocycles. The predicted molar refractivity (Wildman–Crippen MR) is 107 cm³/mol. The van der Waals surface area contributed by atoms with Crippen LogP contribution in [0.15, 0.2) is 54.6 Å². The summed E-state index contributed by atoms with van der Waals surface area (Å²) in [6, 6.07) is 16.9. The van der Waals surface area contributed by atoms with Crippen molar-refractivity contribution < 1.29 is 19.1 Å². The van der Waals surface area contributed by atoms with Crippen molar-refractivity contribution in [3.63, 3.8) is 0 Å². The molecule has 1 saturated heterocycles. The maximum absolute atomic E-state index is 12.5. The van der Waals surface area contributed by atoms with E-state index in [0.29, 0.717) is 12.3 Å². The Hall–Kier alpha value is -3.15. The Morgan fingerprint density at radius 1 is 0.931 bits per heavy atom. The zero-order valence-electron chi connectivity index (χ0n) is 16.2. The number of likely N-dealkylation sites (tertiary alicyclic amines) is 1. The van der Waals surface area contributed by atoms with Crippen LogP contribution in [0.3, 0.4) is 0 Å². The van der Waals surface area contributed by atoms with Crippen LogP contribution in [-0.2, 0) is 20.9 Å². The van der Waals surface area contributed by atoms with Crippen molar-refractivity contribution in [1.82, 2.24) is 10.2 Å². The molecule has 0 unspecified atom stereocenters. The Balaban J connectivity index is 1.32. The molecular weight excluding hydrogens is 368 g/mol. The minimum Gasteiger partial charge on any atom is -0.457 e. The number of imide groups is 1. The molecule has 1 N–H and O–H groups in total. The molecule has 1 aliphatic carbocycles. The third-order valence-corrected chi connectivity index (χ3v) is 5.60. The minimum absolute atomic E-state index is 0.187. The van der Waals surface area contributed by atoms with Crippen LogP contribution >= 0.6 is 0 Å². The Morgan fingerprint density at radius 3 is 2.28 bits per heavy atom. The molecule has 2 aromatic rings. The van der Waals surface area contributed by atoms with Gasteiger partial charge in [0.15, 0.2) is 0 Å². The van der Waals surface area contributed by atoms with Gasteiger partial charge in [0.25, 0.3) is 0 Å². The summed E-state index contributed by atoms with van der Waals surface area (Å²) < 4.78 is 5.81. The Kier molecular flexibility index (Phi) is 5.60. The molecule has 0 bridgehead atoms. The molecule has 0 aromatic heterocycles. The molecule has 1 aliphatic heterocycles. The second-order valence-electron chi connectivity index (χ2n) is 7.60. The fourth-order valence-electron chi connectivity index (χ4n) is 4.13. The summed E-state index contributed by atoms with van der Waals surface area (Å²) in [5.41, 5.74) is 0.875. The molecule has 2 fully saturated rings. The van der Waals surface area contributed by atoms with Gasteiger partial charge in [0.2, 0.25) is 17.7 Å². The second-order valence-corrected chi connectivity index (χ2v) is 7.60. The third kappa shape index (κ3) is 4.31. The summed E-state index contributed by atoms with van der Waals surface area (Å²) in [5.74, 6) is 0.255. The fraction of sp³-hybridized carbons (Fsp3) is 0.348. The summed E-state index contributed by atoms with van der Waals surface area (Å²) in [7, 11) is 0. The zero-order chi connectivity index (χ0) is 20.2. The highest BCUT2D eigenvalue weighted by atomic mass is 16.5. The van der Waals surface area contributed by atoms with E-state index in [1.807, 2.05) is 54.6 Å². The number of rotatable bonds is 6. The van der Waals surface area contributed by atoms with Crippen LogP contribution < -0.4 is 10.1 Å².